The molecular weight excluding hydrogens is 470 g/mol. The minimum Gasteiger partial charge on any atom is -0.318 e. The molecule has 2 aromatic carbocycles. The predicted molar refractivity (Wildman–Crippen MR) is 134 cm³/mol. The molecule has 0 atom stereocenters. The van der Waals surface area contributed by atoms with Gasteiger partial charge in [-0.25, -0.2) is 4.99 Å². The van der Waals surface area contributed by atoms with Gasteiger partial charge in [0.15, 0.2) is 5.17 Å². The number of carbonyl (C=O) groups excluding carboxylic acids is 1. The Balaban J connectivity index is 1.66. The largest absolute Gasteiger partial charge is 0.318 e. The molecule has 0 aliphatic carbocycles. The minimum atomic E-state index is -0.116. The summed E-state index contributed by atoms with van der Waals surface area (Å²) < 4.78 is 3.32. The summed E-state index contributed by atoms with van der Waals surface area (Å²) >= 11 is 4.96. The van der Waals surface area contributed by atoms with Crippen LogP contribution in [0.5, 0.6) is 0 Å². The zero-order valence-corrected chi connectivity index (χ0v) is 20.6. The van der Waals surface area contributed by atoms with Crippen molar-refractivity contribution in [3.63, 3.8) is 0 Å². The lowest BCUT2D eigenvalue weighted by molar-refractivity contribution is -0.115. The van der Waals surface area contributed by atoms with Gasteiger partial charge in [0.25, 0.3) is 5.91 Å². The van der Waals surface area contributed by atoms with Crippen LogP contribution in [0.1, 0.15) is 33.6 Å². The molecule has 6 heteroatoms. The number of para-hydroxylation sites is 1. The molecule has 0 radical (unpaired) electrons. The Bertz CT molecular complexity index is 1250. The van der Waals surface area contributed by atoms with Crippen LogP contribution >= 0.6 is 27.7 Å². The Morgan fingerprint density at radius 2 is 1.68 bits per heavy atom. The summed E-state index contributed by atoms with van der Waals surface area (Å²) in [7, 11) is 0. The second-order valence-corrected chi connectivity index (χ2v) is 9.65. The summed E-state index contributed by atoms with van der Waals surface area (Å²) in [5, 5.41) is 3.50. The Morgan fingerprint density at radius 3 is 2.35 bits per heavy atom. The maximum absolute atomic E-state index is 12.6. The fourth-order valence-corrected chi connectivity index (χ4v) is 4.91. The summed E-state index contributed by atoms with van der Waals surface area (Å²) in [5.41, 5.74) is 8.73. The van der Waals surface area contributed by atoms with Gasteiger partial charge in [-0.3, -0.25) is 4.79 Å². The zero-order chi connectivity index (χ0) is 22.3. The monoisotopic (exact) mass is 493 g/mol. The average Bonchev–Trinajstić information content (AvgIpc) is 3.19. The van der Waals surface area contributed by atoms with E-state index >= 15 is 0 Å². The van der Waals surface area contributed by atoms with Crippen LogP contribution in [-0.2, 0) is 4.79 Å². The van der Waals surface area contributed by atoms with E-state index < -0.39 is 0 Å². The number of aromatic nitrogens is 1. The van der Waals surface area contributed by atoms with Crippen LogP contribution in [0.4, 0.5) is 5.69 Å². The number of halogens is 1. The van der Waals surface area contributed by atoms with E-state index in [4.69, 9.17) is 0 Å². The molecule has 1 N–H and O–H groups in total. The molecule has 158 valence electrons. The lowest BCUT2D eigenvalue weighted by Crippen LogP contribution is -2.19. The van der Waals surface area contributed by atoms with Crippen LogP contribution in [0.3, 0.4) is 0 Å². The Kier molecular flexibility index (Phi) is 5.95. The number of aryl methyl sites for hydroxylation is 4. The van der Waals surface area contributed by atoms with Crippen molar-refractivity contribution >= 4 is 50.5 Å². The lowest BCUT2D eigenvalue weighted by atomic mass is 10.1. The Hall–Kier alpha value is -2.57. The molecule has 1 aliphatic heterocycles. The third-order valence-electron chi connectivity index (χ3n) is 5.42. The van der Waals surface area contributed by atoms with Crippen LogP contribution < -0.4 is 5.32 Å². The van der Waals surface area contributed by atoms with Gasteiger partial charge >= 0.3 is 0 Å². The van der Waals surface area contributed by atoms with E-state index in [0.29, 0.717) is 10.1 Å². The zero-order valence-electron chi connectivity index (χ0n) is 18.2. The van der Waals surface area contributed by atoms with E-state index in [1.165, 1.54) is 17.3 Å². The van der Waals surface area contributed by atoms with Crippen LogP contribution in [-0.4, -0.2) is 15.6 Å². The van der Waals surface area contributed by atoms with E-state index in [1.54, 1.807) is 0 Å². The highest BCUT2D eigenvalue weighted by molar-refractivity contribution is 9.10. The van der Waals surface area contributed by atoms with Crippen molar-refractivity contribution in [2.24, 2.45) is 4.99 Å². The number of aliphatic imine (C=N–C) groups is 1. The van der Waals surface area contributed by atoms with Crippen LogP contribution in [0.2, 0.25) is 0 Å². The number of hydrogen-bond acceptors (Lipinski definition) is 3. The van der Waals surface area contributed by atoms with Crippen LogP contribution in [0.15, 0.2) is 56.8 Å². The number of benzene rings is 2. The van der Waals surface area contributed by atoms with Crippen LogP contribution in [0.25, 0.3) is 11.8 Å². The molecule has 1 aromatic heterocycles. The van der Waals surface area contributed by atoms with Crippen molar-refractivity contribution in [1.82, 2.24) is 9.88 Å². The van der Waals surface area contributed by atoms with Gasteiger partial charge in [0, 0.05) is 21.5 Å². The van der Waals surface area contributed by atoms with E-state index in [9.17, 15) is 4.79 Å². The first-order chi connectivity index (χ1) is 14.7. The molecule has 0 spiro atoms. The van der Waals surface area contributed by atoms with Gasteiger partial charge in [-0.1, -0.05) is 34.1 Å². The quantitative estimate of drug-likeness (QED) is 0.413. The van der Waals surface area contributed by atoms with Gasteiger partial charge in [-0.2, -0.15) is 0 Å². The number of nitrogens with one attached hydrogen (secondary N) is 1. The fourth-order valence-electron chi connectivity index (χ4n) is 3.85. The van der Waals surface area contributed by atoms with E-state index in [1.807, 2.05) is 44.2 Å². The second kappa shape index (κ2) is 8.52. The maximum Gasteiger partial charge on any atom is 0.264 e. The Labute approximate surface area is 195 Å². The third kappa shape index (κ3) is 4.27. The van der Waals surface area contributed by atoms with E-state index in [-0.39, 0.29) is 5.91 Å². The molecule has 1 fully saturated rings. The molecule has 0 unspecified atom stereocenters. The first kappa shape index (κ1) is 21.7. The van der Waals surface area contributed by atoms with Crippen molar-refractivity contribution in [2.75, 3.05) is 0 Å². The van der Waals surface area contributed by atoms with Crippen molar-refractivity contribution in [1.29, 1.82) is 0 Å². The van der Waals surface area contributed by atoms with Crippen molar-refractivity contribution in [3.8, 4) is 5.69 Å². The summed E-state index contributed by atoms with van der Waals surface area (Å²) in [6.07, 6.45) is 1.96. The molecule has 2 heterocycles. The third-order valence-corrected chi connectivity index (χ3v) is 7.58. The summed E-state index contributed by atoms with van der Waals surface area (Å²) in [5.74, 6) is -0.116. The first-order valence-corrected chi connectivity index (χ1v) is 11.7. The number of carbonyl (C=O) groups is 1. The molecule has 1 amide bonds. The molecule has 0 bridgehead atoms. The standard InChI is InChI=1S/C25H24BrN3OS/c1-14-8-6-7-9-21(14)29-17(4)12-19(18(29)5)13-22-24(30)28-25(31-22)27-20-10-15(2)23(26)16(3)11-20/h6-13H,1-5H3,(H,27,28,30)/b22-13-. The first-order valence-electron chi connectivity index (χ1n) is 10.1. The normalized spacial score (nSPS) is 16.4. The molecule has 4 nitrogen and oxygen atoms in total. The molecule has 0 saturated carbocycles. The SMILES string of the molecule is Cc1ccccc1-n1c(C)cc(/C=C2\SC(=Nc3cc(C)c(Br)c(C)c3)NC2=O)c1C. The topological polar surface area (TPSA) is 46.4 Å². The van der Waals surface area contributed by atoms with Crippen LogP contribution in [0, 0.1) is 34.6 Å². The fraction of sp³-hybridized carbons (Fsp3) is 0.200. The van der Waals surface area contributed by atoms with Gasteiger partial charge < -0.3 is 9.88 Å². The maximum atomic E-state index is 12.6. The molecular formula is C25H24BrN3OS. The van der Waals surface area contributed by atoms with Gasteiger partial charge in [0.2, 0.25) is 0 Å². The number of nitrogens with zero attached hydrogens (tertiary/aromatic N) is 2. The average molecular weight is 494 g/mol. The van der Waals surface area contributed by atoms with Gasteiger partial charge in [-0.05, 0) is 99.0 Å². The second-order valence-electron chi connectivity index (χ2n) is 7.82. The van der Waals surface area contributed by atoms with Gasteiger partial charge in [0.05, 0.1) is 10.6 Å². The van der Waals surface area contributed by atoms with Gasteiger partial charge in [0.1, 0.15) is 0 Å². The Morgan fingerprint density at radius 1 is 1.00 bits per heavy atom. The number of amides is 1. The van der Waals surface area contributed by atoms with Gasteiger partial charge in [-0.15, -0.1) is 0 Å². The highest BCUT2D eigenvalue weighted by Gasteiger charge is 2.25. The lowest BCUT2D eigenvalue weighted by Gasteiger charge is -2.12. The molecule has 3 aromatic rings. The minimum absolute atomic E-state index is 0.116. The number of hydrogen-bond donors (Lipinski definition) is 1. The van der Waals surface area contributed by atoms with E-state index in [2.05, 4.69) is 69.8 Å². The highest BCUT2D eigenvalue weighted by atomic mass is 79.9. The summed E-state index contributed by atoms with van der Waals surface area (Å²) in [6.45, 7) is 10.4. The van der Waals surface area contributed by atoms with Crippen molar-refractivity contribution in [2.45, 2.75) is 34.6 Å². The van der Waals surface area contributed by atoms with Crippen molar-refractivity contribution in [3.05, 3.63) is 85.5 Å². The van der Waals surface area contributed by atoms with Crippen molar-refractivity contribution < 1.29 is 4.79 Å². The smallest absolute Gasteiger partial charge is 0.264 e. The molecule has 31 heavy (non-hydrogen) atoms. The predicted octanol–water partition coefficient (Wildman–Crippen LogP) is 6.67. The van der Waals surface area contributed by atoms with E-state index in [0.717, 1.165) is 43.9 Å². The number of thioether (sulfide) groups is 1. The number of amidine groups is 1. The molecule has 1 aliphatic rings. The summed E-state index contributed by atoms with van der Waals surface area (Å²) in [6, 6.07) is 14.5. The molecule has 1 saturated heterocycles. The highest BCUT2D eigenvalue weighted by Crippen LogP contribution is 2.32. The number of rotatable bonds is 3. The molecule has 4 rings (SSSR count). The summed E-state index contributed by atoms with van der Waals surface area (Å²) in [4.78, 5) is 17.9.